The Bertz CT molecular complexity index is 464. The summed E-state index contributed by atoms with van der Waals surface area (Å²) in [6.45, 7) is 6.38. The van der Waals surface area contributed by atoms with Crippen LogP contribution in [0.1, 0.15) is 52.9 Å². The van der Waals surface area contributed by atoms with Crippen molar-refractivity contribution >= 4 is 17.9 Å². The summed E-state index contributed by atoms with van der Waals surface area (Å²) < 4.78 is 15.1. The van der Waals surface area contributed by atoms with Crippen LogP contribution in [-0.4, -0.2) is 61.3 Å². The summed E-state index contributed by atoms with van der Waals surface area (Å²) in [6, 6.07) is 0. The number of piperidine rings is 1. The average Bonchev–Trinajstić information content (AvgIpc) is 2.54. The van der Waals surface area contributed by atoms with Gasteiger partial charge in [0.1, 0.15) is 5.60 Å². The van der Waals surface area contributed by atoms with E-state index in [1.807, 2.05) is 0 Å². The monoisotopic (exact) mass is 343 g/mol. The zero-order valence-corrected chi connectivity index (χ0v) is 15.3. The molecule has 1 atom stereocenters. The van der Waals surface area contributed by atoms with Gasteiger partial charge in [-0.05, 0) is 53.1 Å². The second-order valence-electron chi connectivity index (χ2n) is 6.98. The number of ether oxygens (including phenoxy) is 3. The molecular formula is C17H29NO6. The zero-order valence-electron chi connectivity index (χ0n) is 15.3. The molecule has 0 radical (unpaired) electrons. The Balaban J connectivity index is 3.22. The second kappa shape index (κ2) is 8.46. The molecule has 0 aliphatic carbocycles. The molecule has 1 unspecified atom stereocenters. The summed E-state index contributed by atoms with van der Waals surface area (Å²) in [5.74, 6) is -1.85. The van der Waals surface area contributed by atoms with Crippen LogP contribution in [0.2, 0.25) is 0 Å². The minimum atomic E-state index is -1.61. The fraction of sp³-hybridized carbons (Fsp3) is 0.824. The van der Waals surface area contributed by atoms with Crippen molar-refractivity contribution in [1.29, 1.82) is 0 Å². The molecule has 0 N–H and O–H groups in total. The number of methoxy groups -OCH3 is 2. The van der Waals surface area contributed by atoms with Crippen molar-refractivity contribution in [2.45, 2.75) is 64.0 Å². The number of nitrogens with zero attached hydrogens (tertiary/aromatic N) is 1. The minimum Gasteiger partial charge on any atom is -0.469 e. The van der Waals surface area contributed by atoms with Gasteiger partial charge in [0.15, 0.2) is 0 Å². The maximum absolute atomic E-state index is 13.0. The Morgan fingerprint density at radius 1 is 0.917 bits per heavy atom. The number of rotatable bonds is 6. The van der Waals surface area contributed by atoms with Gasteiger partial charge in [0.05, 0.1) is 14.2 Å². The van der Waals surface area contributed by atoms with E-state index in [-0.39, 0.29) is 12.8 Å². The van der Waals surface area contributed by atoms with Gasteiger partial charge in [0.2, 0.25) is 5.54 Å². The first kappa shape index (κ1) is 20.4. The van der Waals surface area contributed by atoms with Gasteiger partial charge in [-0.1, -0.05) is 6.42 Å². The summed E-state index contributed by atoms with van der Waals surface area (Å²) in [4.78, 5) is 39.0. The first-order valence-corrected chi connectivity index (χ1v) is 8.31. The van der Waals surface area contributed by atoms with Crippen molar-refractivity contribution in [1.82, 2.24) is 4.90 Å². The van der Waals surface area contributed by atoms with Crippen LogP contribution >= 0.6 is 0 Å². The lowest BCUT2D eigenvalue weighted by Crippen LogP contribution is -2.63. The van der Waals surface area contributed by atoms with Crippen LogP contribution in [-0.2, 0) is 28.6 Å². The topological polar surface area (TPSA) is 82.1 Å². The molecule has 0 aromatic heterocycles. The number of esters is 3. The Morgan fingerprint density at radius 2 is 1.50 bits per heavy atom. The summed E-state index contributed by atoms with van der Waals surface area (Å²) >= 11 is 0. The van der Waals surface area contributed by atoms with E-state index in [4.69, 9.17) is 9.47 Å². The van der Waals surface area contributed by atoms with Gasteiger partial charge in [0.25, 0.3) is 0 Å². The van der Waals surface area contributed by atoms with Crippen molar-refractivity contribution in [2.75, 3.05) is 27.3 Å². The third-order valence-corrected chi connectivity index (χ3v) is 4.07. The number of carbonyl (C=O) groups excluding carboxylic acids is 3. The first-order valence-electron chi connectivity index (χ1n) is 8.31. The third kappa shape index (κ3) is 4.93. The van der Waals surface area contributed by atoms with Gasteiger partial charge >= 0.3 is 17.9 Å². The van der Waals surface area contributed by atoms with E-state index in [1.54, 1.807) is 25.7 Å². The fourth-order valence-electron chi connectivity index (χ4n) is 2.90. The van der Waals surface area contributed by atoms with Gasteiger partial charge in [-0.15, -0.1) is 0 Å². The fourth-order valence-corrected chi connectivity index (χ4v) is 2.90. The van der Waals surface area contributed by atoms with Crippen molar-refractivity contribution in [3.63, 3.8) is 0 Å². The average molecular weight is 343 g/mol. The molecular weight excluding hydrogens is 314 g/mol. The Morgan fingerprint density at radius 3 is 1.96 bits per heavy atom. The maximum Gasteiger partial charge on any atom is 0.338 e. The van der Waals surface area contributed by atoms with Gasteiger partial charge in [0, 0.05) is 6.42 Å². The normalized spacial score (nSPS) is 18.4. The molecule has 0 aromatic carbocycles. The second-order valence-corrected chi connectivity index (χ2v) is 6.98. The van der Waals surface area contributed by atoms with Crippen LogP contribution in [0.3, 0.4) is 0 Å². The van der Waals surface area contributed by atoms with E-state index >= 15 is 0 Å². The van der Waals surface area contributed by atoms with E-state index in [9.17, 15) is 14.4 Å². The molecule has 0 saturated carbocycles. The first-order chi connectivity index (χ1) is 11.2. The lowest BCUT2D eigenvalue weighted by molar-refractivity contribution is -0.183. The molecule has 1 fully saturated rings. The van der Waals surface area contributed by atoms with Gasteiger partial charge < -0.3 is 14.2 Å². The van der Waals surface area contributed by atoms with Crippen LogP contribution < -0.4 is 0 Å². The number of hydrogen-bond acceptors (Lipinski definition) is 7. The molecule has 0 aromatic rings. The summed E-state index contributed by atoms with van der Waals surface area (Å²) in [5, 5.41) is 0. The molecule has 24 heavy (non-hydrogen) atoms. The van der Waals surface area contributed by atoms with Crippen LogP contribution in [0.5, 0.6) is 0 Å². The van der Waals surface area contributed by atoms with Crippen molar-refractivity contribution < 1.29 is 28.6 Å². The SMILES string of the molecule is COC(=O)CCC(C(=O)OC)(C(=O)OC(C)(C)C)N1CCCCC1. The van der Waals surface area contributed by atoms with Gasteiger partial charge in [-0.2, -0.15) is 0 Å². The molecule has 0 spiro atoms. The standard InChI is InChI=1S/C17H29NO6/c1-16(2,3)24-15(21)17(14(20)23-5,10-9-13(19)22-4)18-11-7-6-8-12-18/h6-12H2,1-5H3. The molecule has 0 bridgehead atoms. The van der Waals surface area contributed by atoms with Crippen LogP contribution in [0, 0.1) is 0 Å². The van der Waals surface area contributed by atoms with Gasteiger partial charge in [-0.25, -0.2) is 9.59 Å². The molecule has 1 saturated heterocycles. The van der Waals surface area contributed by atoms with Crippen molar-refractivity contribution in [2.24, 2.45) is 0 Å². The van der Waals surface area contributed by atoms with E-state index in [1.165, 1.54) is 14.2 Å². The zero-order chi connectivity index (χ0) is 18.4. The highest BCUT2D eigenvalue weighted by Gasteiger charge is 2.54. The Labute approximate surface area is 143 Å². The predicted octanol–water partition coefficient (Wildman–Crippen LogP) is 1.68. The highest BCUT2D eigenvalue weighted by Crippen LogP contribution is 2.31. The van der Waals surface area contributed by atoms with Crippen LogP contribution in [0.15, 0.2) is 0 Å². The van der Waals surface area contributed by atoms with Crippen LogP contribution in [0.4, 0.5) is 0 Å². The van der Waals surface area contributed by atoms with Crippen molar-refractivity contribution in [3.05, 3.63) is 0 Å². The van der Waals surface area contributed by atoms with E-state index < -0.39 is 29.0 Å². The Hall–Kier alpha value is -1.63. The van der Waals surface area contributed by atoms with E-state index in [0.29, 0.717) is 13.1 Å². The molecule has 7 nitrogen and oxygen atoms in total. The summed E-state index contributed by atoms with van der Waals surface area (Å²) in [5.41, 5.74) is -2.37. The minimum absolute atomic E-state index is 0.0265. The number of hydrogen-bond donors (Lipinski definition) is 0. The largest absolute Gasteiger partial charge is 0.469 e. The van der Waals surface area contributed by atoms with Gasteiger partial charge in [-0.3, -0.25) is 9.69 Å². The van der Waals surface area contributed by atoms with Crippen molar-refractivity contribution in [3.8, 4) is 0 Å². The summed E-state index contributed by atoms with van der Waals surface area (Å²) in [6.07, 6.45) is 2.70. The molecule has 7 heteroatoms. The molecule has 1 rings (SSSR count). The van der Waals surface area contributed by atoms with Crippen LogP contribution in [0.25, 0.3) is 0 Å². The lowest BCUT2D eigenvalue weighted by Gasteiger charge is -2.42. The molecule has 1 aliphatic heterocycles. The smallest absolute Gasteiger partial charge is 0.338 e. The lowest BCUT2D eigenvalue weighted by atomic mass is 9.88. The Kier molecular flexibility index (Phi) is 7.20. The quantitative estimate of drug-likeness (QED) is 0.412. The molecule has 0 amide bonds. The summed E-state index contributed by atoms with van der Waals surface area (Å²) in [7, 11) is 2.51. The van der Waals surface area contributed by atoms with E-state index in [0.717, 1.165) is 19.3 Å². The highest BCUT2D eigenvalue weighted by molar-refractivity contribution is 6.05. The highest BCUT2D eigenvalue weighted by atomic mass is 16.6. The number of likely N-dealkylation sites (tertiary alicyclic amines) is 1. The molecule has 1 heterocycles. The molecule has 1 aliphatic rings. The maximum atomic E-state index is 13.0. The van der Waals surface area contributed by atoms with E-state index in [2.05, 4.69) is 4.74 Å². The molecule has 138 valence electrons. The third-order valence-electron chi connectivity index (χ3n) is 4.07. The predicted molar refractivity (Wildman–Crippen MR) is 87.3 cm³/mol. The number of carbonyl (C=O) groups is 3.